The third-order valence-electron chi connectivity index (χ3n) is 6.71. The van der Waals surface area contributed by atoms with Crippen molar-refractivity contribution >= 4 is 15.9 Å². The second kappa shape index (κ2) is 11.9. The van der Waals surface area contributed by atoms with Crippen molar-refractivity contribution in [2.75, 3.05) is 20.8 Å². The summed E-state index contributed by atoms with van der Waals surface area (Å²) < 4.78 is 39.3. The molecular formula is C24H38N2O5S. The lowest BCUT2D eigenvalue weighted by Gasteiger charge is -2.33. The van der Waals surface area contributed by atoms with E-state index < -0.39 is 10.0 Å². The van der Waals surface area contributed by atoms with Crippen LogP contribution in [-0.4, -0.2) is 51.5 Å². The van der Waals surface area contributed by atoms with Gasteiger partial charge in [-0.05, 0) is 37.8 Å². The molecule has 1 aromatic carbocycles. The number of ether oxygens (including phenoxy) is 2. The van der Waals surface area contributed by atoms with E-state index in [1.165, 1.54) is 49.9 Å². The molecule has 32 heavy (non-hydrogen) atoms. The minimum Gasteiger partial charge on any atom is -0.493 e. The molecule has 1 amide bonds. The molecular weight excluding hydrogens is 428 g/mol. The first-order chi connectivity index (χ1) is 15.5. The van der Waals surface area contributed by atoms with E-state index in [1.807, 2.05) is 0 Å². The lowest BCUT2D eigenvalue weighted by molar-refractivity contribution is -0.122. The number of hydrogen-bond donors (Lipinski definition) is 1. The highest BCUT2D eigenvalue weighted by molar-refractivity contribution is 7.89. The summed E-state index contributed by atoms with van der Waals surface area (Å²) in [5.41, 5.74) is 0. The molecule has 2 aliphatic carbocycles. The molecule has 0 radical (unpaired) electrons. The van der Waals surface area contributed by atoms with Gasteiger partial charge in [-0.2, -0.15) is 4.31 Å². The summed E-state index contributed by atoms with van der Waals surface area (Å²) in [4.78, 5) is 13.1. The molecule has 0 saturated heterocycles. The third-order valence-corrected chi connectivity index (χ3v) is 8.61. The smallest absolute Gasteiger partial charge is 0.243 e. The van der Waals surface area contributed by atoms with Gasteiger partial charge in [0.15, 0.2) is 11.5 Å². The molecule has 1 N–H and O–H groups in total. The zero-order valence-corrected chi connectivity index (χ0v) is 20.3. The lowest BCUT2D eigenvalue weighted by Crippen LogP contribution is -2.48. The van der Waals surface area contributed by atoms with E-state index in [2.05, 4.69) is 5.32 Å². The zero-order chi connectivity index (χ0) is 23.0. The van der Waals surface area contributed by atoms with Gasteiger partial charge in [0.2, 0.25) is 15.9 Å². The topological polar surface area (TPSA) is 84.9 Å². The Hall–Kier alpha value is -1.80. The van der Waals surface area contributed by atoms with E-state index in [1.54, 1.807) is 6.07 Å². The first kappa shape index (κ1) is 24.8. The Morgan fingerprint density at radius 2 is 1.47 bits per heavy atom. The van der Waals surface area contributed by atoms with E-state index in [0.717, 1.165) is 57.8 Å². The van der Waals surface area contributed by atoms with Crippen molar-refractivity contribution in [1.29, 1.82) is 0 Å². The quantitative estimate of drug-likeness (QED) is 0.619. The highest BCUT2D eigenvalue weighted by Crippen LogP contribution is 2.33. The van der Waals surface area contributed by atoms with Crippen LogP contribution in [0, 0.1) is 0 Å². The van der Waals surface area contributed by atoms with Crippen LogP contribution >= 0.6 is 0 Å². The third kappa shape index (κ3) is 6.38. The fourth-order valence-electron chi connectivity index (χ4n) is 4.91. The highest BCUT2D eigenvalue weighted by Gasteiger charge is 2.35. The van der Waals surface area contributed by atoms with Crippen LogP contribution in [0.3, 0.4) is 0 Å². The fraction of sp³-hybridized carbons (Fsp3) is 0.708. The maximum Gasteiger partial charge on any atom is 0.243 e. The van der Waals surface area contributed by atoms with Crippen LogP contribution in [0.1, 0.15) is 77.0 Å². The van der Waals surface area contributed by atoms with E-state index >= 15 is 0 Å². The number of nitrogens with zero attached hydrogens (tertiary/aromatic N) is 1. The van der Waals surface area contributed by atoms with E-state index in [4.69, 9.17) is 9.47 Å². The summed E-state index contributed by atoms with van der Waals surface area (Å²) in [5, 5.41) is 3.13. The van der Waals surface area contributed by atoms with Gasteiger partial charge >= 0.3 is 0 Å². The number of nitrogens with one attached hydrogen (secondary N) is 1. The van der Waals surface area contributed by atoms with Crippen molar-refractivity contribution in [3.05, 3.63) is 18.2 Å². The Balaban J connectivity index is 1.81. The van der Waals surface area contributed by atoms with E-state index in [-0.39, 0.29) is 29.4 Å². The van der Waals surface area contributed by atoms with Gasteiger partial charge in [-0.15, -0.1) is 0 Å². The number of hydrogen-bond acceptors (Lipinski definition) is 5. The number of carbonyl (C=O) groups is 1. The molecule has 8 heteroatoms. The monoisotopic (exact) mass is 466 g/mol. The maximum absolute atomic E-state index is 13.7. The predicted octanol–water partition coefficient (Wildman–Crippen LogP) is 4.26. The molecule has 2 fully saturated rings. The molecule has 7 nitrogen and oxygen atoms in total. The van der Waals surface area contributed by atoms with E-state index in [0.29, 0.717) is 11.5 Å². The Morgan fingerprint density at radius 1 is 0.906 bits per heavy atom. The summed E-state index contributed by atoms with van der Waals surface area (Å²) in [5.74, 6) is 0.624. The van der Waals surface area contributed by atoms with E-state index in [9.17, 15) is 13.2 Å². The molecule has 0 aliphatic heterocycles. The number of amides is 1. The minimum absolute atomic E-state index is 0.125. The van der Waals surface area contributed by atoms with Crippen molar-refractivity contribution in [3.8, 4) is 11.5 Å². The normalized spacial score (nSPS) is 19.2. The van der Waals surface area contributed by atoms with Gasteiger partial charge < -0.3 is 14.8 Å². The average Bonchev–Trinajstić information content (AvgIpc) is 2.79. The van der Waals surface area contributed by atoms with Crippen molar-refractivity contribution in [1.82, 2.24) is 9.62 Å². The van der Waals surface area contributed by atoms with Crippen molar-refractivity contribution in [3.63, 3.8) is 0 Å². The fourth-order valence-corrected chi connectivity index (χ4v) is 6.56. The van der Waals surface area contributed by atoms with Crippen LogP contribution in [0.5, 0.6) is 11.5 Å². The Bertz CT molecular complexity index is 844. The zero-order valence-electron chi connectivity index (χ0n) is 19.5. The van der Waals surface area contributed by atoms with Gasteiger partial charge in [-0.3, -0.25) is 4.79 Å². The summed E-state index contributed by atoms with van der Waals surface area (Å²) in [6.45, 7) is -0.141. The molecule has 180 valence electrons. The van der Waals surface area contributed by atoms with Crippen LogP contribution in [0.25, 0.3) is 0 Å². The highest BCUT2D eigenvalue weighted by atomic mass is 32.2. The maximum atomic E-state index is 13.7. The van der Waals surface area contributed by atoms with Crippen LogP contribution in [0.15, 0.2) is 23.1 Å². The molecule has 2 saturated carbocycles. The largest absolute Gasteiger partial charge is 0.493 e. The number of methoxy groups -OCH3 is 2. The van der Waals surface area contributed by atoms with Crippen molar-refractivity contribution in [2.24, 2.45) is 0 Å². The minimum atomic E-state index is -3.87. The van der Waals surface area contributed by atoms with Gasteiger partial charge in [0.25, 0.3) is 0 Å². The van der Waals surface area contributed by atoms with Crippen LogP contribution < -0.4 is 14.8 Å². The SMILES string of the molecule is COc1ccc(S(=O)(=O)N(CC(=O)NC2CCCCCCC2)C2CCCCC2)cc1OC. The van der Waals surface area contributed by atoms with Crippen molar-refractivity contribution in [2.45, 2.75) is 94.0 Å². The van der Waals surface area contributed by atoms with Crippen LogP contribution in [-0.2, 0) is 14.8 Å². The average molecular weight is 467 g/mol. The summed E-state index contributed by atoms with van der Waals surface area (Å²) in [6.07, 6.45) is 12.5. The molecule has 0 spiro atoms. The number of rotatable bonds is 8. The number of sulfonamides is 1. The first-order valence-corrected chi connectivity index (χ1v) is 13.4. The second-order valence-corrected chi connectivity index (χ2v) is 10.9. The Kier molecular flexibility index (Phi) is 9.22. The van der Waals surface area contributed by atoms with Gasteiger partial charge in [0, 0.05) is 18.2 Å². The van der Waals surface area contributed by atoms with Gasteiger partial charge in [0.1, 0.15) is 0 Å². The summed E-state index contributed by atoms with van der Waals surface area (Å²) >= 11 is 0. The van der Waals surface area contributed by atoms with Crippen molar-refractivity contribution < 1.29 is 22.7 Å². The standard InChI is InChI=1S/C24H38N2O5S/c1-30-22-16-15-21(17-23(22)31-2)32(28,29)26(20-13-9-6-10-14-20)18-24(27)25-19-11-7-4-3-5-8-12-19/h15-17,19-20H,3-14,18H2,1-2H3,(H,25,27). The molecule has 0 unspecified atom stereocenters. The summed E-state index contributed by atoms with van der Waals surface area (Å²) in [6, 6.07) is 4.58. The van der Waals surface area contributed by atoms with Crippen LogP contribution in [0.2, 0.25) is 0 Å². The second-order valence-electron chi connectivity index (χ2n) is 8.97. The Labute approximate surface area is 192 Å². The van der Waals surface area contributed by atoms with Gasteiger partial charge in [-0.1, -0.05) is 51.4 Å². The Morgan fingerprint density at radius 3 is 2.09 bits per heavy atom. The number of carbonyl (C=O) groups excluding carboxylic acids is 1. The predicted molar refractivity (Wildman–Crippen MR) is 125 cm³/mol. The molecule has 0 bridgehead atoms. The van der Waals surface area contributed by atoms with Gasteiger partial charge in [0.05, 0.1) is 25.7 Å². The lowest BCUT2D eigenvalue weighted by atomic mass is 9.95. The summed E-state index contributed by atoms with van der Waals surface area (Å²) in [7, 11) is -0.874. The van der Waals surface area contributed by atoms with Gasteiger partial charge in [-0.25, -0.2) is 8.42 Å². The molecule has 0 heterocycles. The molecule has 2 aliphatic rings. The first-order valence-electron chi connectivity index (χ1n) is 12.0. The molecule has 0 atom stereocenters. The molecule has 1 aromatic rings. The molecule has 3 rings (SSSR count). The van der Waals surface area contributed by atoms with Crippen LogP contribution in [0.4, 0.5) is 0 Å². The molecule has 0 aromatic heterocycles. The number of benzene rings is 1.